The van der Waals surface area contributed by atoms with Gasteiger partial charge in [0.05, 0.1) is 6.04 Å². The summed E-state index contributed by atoms with van der Waals surface area (Å²) in [4.78, 5) is 15.9. The van der Waals surface area contributed by atoms with Gasteiger partial charge in [-0.15, -0.1) is 0 Å². The SMILES string of the molecule is C=CC(=O)N1CCC2C1CN2C(C)C. The first-order chi connectivity index (χ1) is 6.65. The van der Waals surface area contributed by atoms with E-state index < -0.39 is 0 Å². The average molecular weight is 194 g/mol. The van der Waals surface area contributed by atoms with Crippen LogP contribution in [0.4, 0.5) is 0 Å². The monoisotopic (exact) mass is 194 g/mol. The lowest BCUT2D eigenvalue weighted by molar-refractivity contribution is -0.130. The highest BCUT2D eigenvalue weighted by atomic mass is 16.2. The van der Waals surface area contributed by atoms with Gasteiger partial charge in [-0.3, -0.25) is 9.69 Å². The van der Waals surface area contributed by atoms with Crippen molar-refractivity contribution in [3.63, 3.8) is 0 Å². The number of fused-ring (bicyclic) bond motifs is 1. The van der Waals surface area contributed by atoms with E-state index in [0.717, 1.165) is 19.5 Å². The maximum Gasteiger partial charge on any atom is 0.246 e. The Morgan fingerprint density at radius 2 is 2.21 bits per heavy atom. The summed E-state index contributed by atoms with van der Waals surface area (Å²) >= 11 is 0. The molecule has 2 aliphatic heterocycles. The normalized spacial score (nSPS) is 31.5. The molecule has 2 fully saturated rings. The molecule has 2 atom stereocenters. The van der Waals surface area contributed by atoms with Crippen LogP contribution in [0.3, 0.4) is 0 Å². The second kappa shape index (κ2) is 3.39. The van der Waals surface area contributed by atoms with Gasteiger partial charge in [-0.2, -0.15) is 0 Å². The zero-order chi connectivity index (χ0) is 10.3. The molecule has 0 aromatic rings. The fourth-order valence-electron chi connectivity index (χ4n) is 2.64. The fourth-order valence-corrected chi connectivity index (χ4v) is 2.64. The third-order valence-electron chi connectivity index (χ3n) is 3.46. The van der Waals surface area contributed by atoms with Crippen molar-refractivity contribution in [1.82, 2.24) is 9.80 Å². The number of hydrogen-bond acceptors (Lipinski definition) is 2. The lowest BCUT2D eigenvalue weighted by Gasteiger charge is -2.48. The van der Waals surface area contributed by atoms with Crippen molar-refractivity contribution >= 4 is 5.91 Å². The van der Waals surface area contributed by atoms with Gasteiger partial charge in [0.1, 0.15) is 0 Å². The van der Waals surface area contributed by atoms with E-state index in [2.05, 4.69) is 25.3 Å². The van der Waals surface area contributed by atoms with Crippen molar-refractivity contribution < 1.29 is 4.79 Å². The first-order valence-corrected chi connectivity index (χ1v) is 5.34. The van der Waals surface area contributed by atoms with Crippen molar-refractivity contribution in [1.29, 1.82) is 0 Å². The lowest BCUT2D eigenvalue weighted by Crippen LogP contribution is -2.64. The molecule has 0 radical (unpaired) electrons. The van der Waals surface area contributed by atoms with E-state index in [1.807, 2.05) is 4.90 Å². The van der Waals surface area contributed by atoms with Crippen LogP contribution in [0.5, 0.6) is 0 Å². The summed E-state index contributed by atoms with van der Waals surface area (Å²) in [5, 5.41) is 0. The average Bonchev–Trinajstić information content (AvgIpc) is 2.41. The molecule has 3 nitrogen and oxygen atoms in total. The van der Waals surface area contributed by atoms with E-state index in [0.29, 0.717) is 18.1 Å². The van der Waals surface area contributed by atoms with E-state index >= 15 is 0 Å². The summed E-state index contributed by atoms with van der Waals surface area (Å²) in [5.41, 5.74) is 0. The van der Waals surface area contributed by atoms with Crippen LogP contribution >= 0.6 is 0 Å². The Bertz CT molecular complexity index is 262. The molecule has 1 amide bonds. The number of nitrogens with zero attached hydrogens (tertiary/aromatic N) is 2. The Kier molecular flexibility index (Phi) is 2.35. The zero-order valence-electron chi connectivity index (χ0n) is 8.94. The van der Waals surface area contributed by atoms with Gasteiger partial charge in [-0.05, 0) is 26.3 Å². The minimum Gasteiger partial charge on any atom is -0.333 e. The maximum absolute atomic E-state index is 11.5. The molecule has 0 aromatic carbocycles. The van der Waals surface area contributed by atoms with Gasteiger partial charge in [-0.25, -0.2) is 0 Å². The Morgan fingerprint density at radius 1 is 1.50 bits per heavy atom. The van der Waals surface area contributed by atoms with Crippen LogP contribution in [-0.2, 0) is 4.79 Å². The number of carbonyl (C=O) groups excluding carboxylic acids is 1. The second-order valence-corrected chi connectivity index (χ2v) is 4.45. The molecular formula is C11H18N2O. The highest BCUT2D eigenvalue weighted by Gasteiger charge is 2.48. The van der Waals surface area contributed by atoms with Gasteiger partial charge in [0.25, 0.3) is 0 Å². The van der Waals surface area contributed by atoms with Crippen LogP contribution < -0.4 is 0 Å². The molecule has 0 spiro atoms. The minimum absolute atomic E-state index is 0.0981. The number of carbonyl (C=O) groups is 1. The van der Waals surface area contributed by atoms with Gasteiger partial charge in [-0.1, -0.05) is 6.58 Å². The molecule has 0 saturated carbocycles. The summed E-state index contributed by atoms with van der Waals surface area (Å²) in [6.07, 6.45) is 2.56. The second-order valence-electron chi connectivity index (χ2n) is 4.45. The van der Waals surface area contributed by atoms with Crippen molar-refractivity contribution in [2.24, 2.45) is 0 Å². The Balaban J connectivity index is 1.99. The van der Waals surface area contributed by atoms with Crippen molar-refractivity contribution in [3.05, 3.63) is 12.7 Å². The molecule has 3 heteroatoms. The molecule has 2 aliphatic rings. The van der Waals surface area contributed by atoms with E-state index in [1.165, 1.54) is 6.08 Å². The molecule has 0 bridgehead atoms. The number of amides is 1. The molecule has 2 unspecified atom stereocenters. The highest BCUT2D eigenvalue weighted by Crippen LogP contribution is 2.33. The van der Waals surface area contributed by atoms with E-state index in [-0.39, 0.29) is 5.91 Å². The van der Waals surface area contributed by atoms with Crippen LogP contribution in [0.1, 0.15) is 20.3 Å². The van der Waals surface area contributed by atoms with Gasteiger partial charge in [0, 0.05) is 25.2 Å². The lowest BCUT2D eigenvalue weighted by atomic mass is 9.95. The Morgan fingerprint density at radius 3 is 2.79 bits per heavy atom. The first kappa shape index (κ1) is 9.71. The fraction of sp³-hybridized carbons (Fsp3) is 0.727. The predicted octanol–water partition coefficient (Wildman–Crippen LogP) is 0.866. The summed E-state index contributed by atoms with van der Waals surface area (Å²) in [7, 11) is 0. The Hall–Kier alpha value is -0.830. The van der Waals surface area contributed by atoms with E-state index in [4.69, 9.17) is 0 Å². The molecule has 2 rings (SSSR count). The zero-order valence-corrected chi connectivity index (χ0v) is 8.94. The van der Waals surface area contributed by atoms with Crippen LogP contribution in [0, 0.1) is 0 Å². The van der Waals surface area contributed by atoms with Gasteiger partial charge < -0.3 is 4.90 Å². The topological polar surface area (TPSA) is 23.6 Å². The quantitative estimate of drug-likeness (QED) is 0.609. The maximum atomic E-state index is 11.5. The predicted molar refractivity (Wildman–Crippen MR) is 55.9 cm³/mol. The summed E-state index contributed by atoms with van der Waals surface area (Å²) in [6, 6.07) is 1.68. The van der Waals surface area contributed by atoms with Crippen molar-refractivity contribution in [2.75, 3.05) is 13.1 Å². The third kappa shape index (κ3) is 1.27. The van der Waals surface area contributed by atoms with Crippen LogP contribution in [-0.4, -0.2) is 46.9 Å². The molecule has 0 aliphatic carbocycles. The molecule has 2 saturated heterocycles. The molecule has 14 heavy (non-hydrogen) atoms. The summed E-state index contributed by atoms with van der Waals surface area (Å²) < 4.78 is 0. The molecule has 0 aromatic heterocycles. The van der Waals surface area contributed by atoms with E-state index in [9.17, 15) is 4.79 Å². The van der Waals surface area contributed by atoms with Gasteiger partial charge in [0.15, 0.2) is 0 Å². The van der Waals surface area contributed by atoms with Crippen LogP contribution in [0.2, 0.25) is 0 Å². The molecule has 2 heterocycles. The van der Waals surface area contributed by atoms with Gasteiger partial charge in [0.2, 0.25) is 5.91 Å². The highest BCUT2D eigenvalue weighted by molar-refractivity contribution is 5.87. The largest absolute Gasteiger partial charge is 0.333 e. The van der Waals surface area contributed by atoms with Crippen LogP contribution in [0.25, 0.3) is 0 Å². The van der Waals surface area contributed by atoms with Crippen molar-refractivity contribution in [2.45, 2.75) is 38.4 Å². The number of likely N-dealkylation sites (tertiary alicyclic amines) is 2. The first-order valence-electron chi connectivity index (χ1n) is 5.34. The van der Waals surface area contributed by atoms with E-state index in [1.54, 1.807) is 0 Å². The smallest absolute Gasteiger partial charge is 0.246 e. The van der Waals surface area contributed by atoms with Crippen LogP contribution in [0.15, 0.2) is 12.7 Å². The standard InChI is InChI=1S/C11H18N2O/c1-4-11(14)12-6-5-9-10(12)7-13(9)8(2)3/h4,8-10H,1,5-7H2,2-3H3. The third-order valence-corrected chi connectivity index (χ3v) is 3.46. The number of hydrogen-bond donors (Lipinski definition) is 0. The van der Waals surface area contributed by atoms with Gasteiger partial charge >= 0.3 is 0 Å². The summed E-state index contributed by atoms with van der Waals surface area (Å²) in [6.45, 7) is 9.92. The summed E-state index contributed by atoms with van der Waals surface area (Å²) in [5.74, 6) is 0.0981. The molecule has 78 valence electrons. The minimum atomic E-state index is 0.0981. The molecular weight excluding hydrogens is 176 g/mol. The molecule has 0 N–H and O–H groups in total. The van der Waals surface area contributed by atoms with Crippen molar-refractivity contribution in [3.8, 4) is 0 Å². The number of rotatable bonds is 2. The Labute approximate surface area is 85.4 Å².